The van der Waals surface area contributed by atoms with Crippen molar-refractivity contribution in [1.29, 1.82) is 0 Å². The molecule has 0 fully saturated rings. The maximum atomic E-state index is 10.6. The fourth-order valence-corrected chi connectivity index (χ4v) is 0.384. The molecule has 0 saturated heterocycles. The molecule has 3 heteroatoms. The molecule has 0 bridgehead atoms. The van der Waals surface area contributed by atoms with Crippen LogP contribution in [0.2, 0.25) is 0 Å². The number of carbonyl (C=O) groups excluding carboxylic acids is 1. The second-order valence-corrected chi connectivity index (χ2v) is 2.60. The SMILES string of the molecule is C=COC(=O)OC(C)C(C)C. The minimum absolute atomic E-state index is 0.123. The Balaban J connectivity index is 3.65. The van der Waals surface area contributed by atoms with Gasteiger partial charge in [-0.05, 0) is 12.8 Å². The Morgan fingerprint density at radius 1 is 1.45 bits per heavy atom. The predicted octanol–water partition coefficient (Wildman–Crippen LogP) is 2.33. The Bertz CT molecular complexity index is 140. The van der Waals surface area contributed by atoms with Gasteiger partial charge in [-0.1, -0.05) is 20.4 Å². The first kappa shape index (κ1) is 10.0. The van der Waals surface area contributed by atoms with Gasteiger partial charge in [-0.25, -0.2) is 4.79 Å². The maximum Gasteiger partial charge on any atom is 0.513 e. The zero-order valence-electron chi connectivity index (χ0n) is 7.16. The van der Waals surface area contributed by atoms with Crippen molar-refractivity contribution in [3.05, 3.63) is 12.8 Å². The van der Waals surface area contributed by atoms with E-state index in [-0.39, 0.29) is 6.10 Å². The summed E-state index contributed by atoms with van der Waals surface area (Å²) in [4.78, 5) is 10.6. The molecule has 64 valence electrons. The van der Waals surface area contributed by atoms with Gasteiger partial charge in [0.15, 0.2) is 0 Å². The van der Waals surface area contributed by atoms with Gasteiger partial charge in [0.05, 0.1) is 6.26 Å². The van der Waals surface area contributed by atoms with Crippen molar-refractivity contribution < 1.29 is 14.3 Å². The van der Waals surface area contributed by atoms with E-state index in [0.29, 0.717) is 5.92 Å². The minimum Gasteiger partial charge on any atom is -0.431 e. The molecule has 0 radical (unpaired) electrons. The minimum atomic E-state index is -0.693. The van der Waals surface area contributed by atoms with Gasteiger partial charge in [0.25, 0.3) is 0 Å². The lowest BCUT2D eigenvalue weighted by molar-refractivity contribution is 0.0360. The highest BCUT2D eigenvalue weighted by Gasteiger charge is 2.12. The summed E-state index contributed by atoms with van der Waals surface area (Å²) in [6.45, 7) is 8.97. The summed E-state index contributed by atoms with van der Waals surface area (Å²) in [5, 5.41) is 0. The molecule has 3 nitrogen and oxygen atoms in total. The average Bonchev–Trinajstić information content (AvgIpc) is 1.87. The van der Waals surface area contributed by atoms with E-state index in [1.165, 1.54) is 0 Å². The van der Waals surface area contributed by atoms with Crippen LogP contribution in [0.1, 0.15) is 20.8 Å². The van der Waals surface area contributed by atoms with Crippen LogP contribution in [0.4, 0.5) is 4.79 Å². The molecule has 0 saturated carbocycles. The predicted molar refractivity (Wildman–Crippen MR) is 42.1 cm³/mol. The lowest BCUT2D eigenvalue weighted by Crippen LogP contribution is -2.19. The summed E-state index contributed by atoms with van der Waals surface area (Å²) in [5.41, 5.74) is 0. The van der Waals surface area contributed by atoms with Crippen molar-refractivity contribution in [2.45, 2.75) is 26.9 Å². The zero-order chi connectivity index (χ0) is 8.85. The van der Waals surface area contributed by atoms with Crippen LogP contribution >= 0.6 is 0 Å². The molecule has 0 aromatic heterocycles. The van der Waals surface area contributed by atoms with Gasteiger partial charge in [-0.15, -0.1) is 0 Å². The standard InChI is InChI=1S/C8H14O3/c1-5-10-8(9)11-7(4)6(2)3/h5-7H,1H2,2-4H3. The highest BCUT2D eigenvalue weighted by molar-refractivity contribution is 5.60. The second kappa shape index (κ2) is 4.77. The molecular formula is C8H14O3. The van der Waals surface area contributed by atoms with Crippen LogP contribution in [0.25, 0.3) is 0 Å². The Hall–Kier alpha value is -0.990. The number of hydrogen-bond acceptors (Lipinski definition) is 3. The van der Waals surface area contributed by atoms with Crippen LogP contribution in [0.15, 0.2) is 12.8 Å². The molecule has 0 aromatic carbocycles. The number of rotatable bonds is 3. The van der Waals surface area contributed by atoms with Crippen molar-refractivity contribution in [1.82, 2.24) is 0 Å². The molecule has 0 aromatic rings. The Morgan fingerprint density at radius 3 is 2.36 bits per heavy atom. The Kier molecular flexibility index (Phi) is 4.34. The molecule has 0 rings (SSSR count). The third-order valence-corrected chi connectivity index (χ3v) is 1.40. The van der Waals surface area contributed by atoms with E-state index in [0.717, 1.165) is 6.26 Å². The number of carbonyl (C=O) groups is 1. The lowest BCUT2D eigenvalue weighted by atomic mass is 10.1. The summed E-state index contributed by atoms with van der Waals surface area (Å²) >= 11 is 0. The monoisotopic (exact) mass is 158 g/mol. The molecule has 0 aliphatic carbocycles. The lowest BCUT2D eigenvalue weighted by Gasteiger charge is -2.14. The van der Waals surface area contributed by atoms with E-state index in [2.05, 4.69) is 11.3 Å². The first-order valence-corrected chi connectivity index (χ1v) is 3.56. The number of hydrogen-bond donors (Lipinski definition) is 0. The second-order valence-electron chi connectivity index (χ2n) is 2.60. The van der Waals surface area contributed by atoms with Gasteiger partial charge in [0.1, 0.15) is 6.10 Å². The van der Waals surface area contributed by atoms with Gasteiger partial charge in [-0.3, -0.25) is 0 Å². The summed E-state index contributed by atoms with van der Waals surface area (Å²) < 4.78 is 9.19. The molecule has 0 aliphatic rings. The van der Waals surface area contributed by atoms with E-state index in [1.807, 2.05) is 20.8 Å². The molecular weight excluding hydrogens is 144 g/mol. The first-order chi connectivity index (χ1) is 5.07. The van der Waals surface area contributed by atoms with E-state index in [9.17, 15) is 4.79 Å². The Labute approximate surface area is 67.0 Å². The number of ether oxygens (including phenoxy) is 2. The summed E-state index contributed by atoms with van der Waals surface area (Å²) in [7, 11) is 0. The molecule has 1 unspecified atom stereocenters. The molecule has 0 N–H and O–H groups in total. The van der Waals surface area contributed by atoms with Crippen LogP contribution < -0.4 is 0 Å². The van der Waals surface area contributed by atoms with E-state index in [4.69, 9.17) is 4.74 Å². The van der Waals surface area contributed by atoms with Crippen LogP contribution in [-0.4, -0.2) is 12.3 Å². The summed E-state index contributed by atoms with van der Waals surface area (Å²) in [6.07, 6.45) is 0.235. The largest absolute Gasteiger partial charge is 0.513 e. The van der Waals surface area contributed by atoms with E-state index >= 15 is 0 Å². The zero-order valence-corrected chi connectivity index (χ0v) is 7.16. The molecule has 0 amide bonds. The van der Waals surface area contributed by atoms with Gasteiger partial charge < -0.3 is 9.47 Å². The molecule has 1 atom stereocenters. The van der Waals surface area contributed by atoms with Crippen molar-refractivity contribution >= 4 is 6.16 Å². The smallest absolute Gasteiger partial charge is 0.431 e. The maximum absolute atomic E-state index is 10.6. The van der Waals surface area contributed by atoms with Crippen LogP contribution in [-0.2, 0) is 9.47 Å². The van der Waals surface area contributed by atoms with Crippen molar-refractivity contribution in [3.8, 4) is 0 Å². The van der Waals surface area contributed by atoms with Gasteiger partial charge in [0.2, 0.25) is 0 Å². The third-order valence-electron chi connectivity index (χ3n) is 1.40. The van der Waals surface area contributed by atoms with Crippen LogP contribution in [0.3, 0.4) is 0 Å². The fraction of sp³-hybridized carbons (Fsp3) is 0.625. The summed E-state index contributed by atoms with van der Waals surface area (Å²) in [5.74, 6) is 0.298. The third kappa shape index (κ3) is 4.42. The molecule has 11 heavy (non-hydrogen) atoms. The van der Waals surface area contributed by atoms with E-state index < -0.39 is 6.16 Å². The van der Waals surface area contributed by atoms with Crippen LogP contribution in [0, 0.1) is 5.92 Å². The topological polar surface area (TPSA) is 35.5 Å². The van der Waals surface area contributed by atoms with Crippen LogP contribution in [0.5, 0.6) is 0 Å². The van der Waals surface area contributed by atoms with E-state index in [1.54, 1.807) is 0 Å². The van der Waals surface area contributed by atoms with Gasteiger partial charge in [0, 0.05) is 0 Å². The van der Waals surface area contributed by atoms with Gasteiger partial charge >= 0.3 is 6.16 Å². The van der Waals surface area contributed by atoms with Crippen molar-refractivity contribution in [2.24, 2.45) is 5.92 Å². The fourth-order valence-electron chi connectivity index (χ4n) is 0.384. The van der Waals surface area contributed by atoms with Gasteiger partial charge in [-0.2, -0.15) is 0 Å². The highest BCUT2D eigenvalue weighted by Crippen LogP contribution is 2.05. The molecule has 0 spiro atoms. The average molecular weight is 158 g/mol. The quantitative estimate of drug-likeness (QED) is 0.467. The summed E-state index contributed by atoms with van der Waals surface area (Å²) in [6, 6.07) is 0. The normalized spacial score (nSPS) is 12.4. The van der Waals surface area contributed by atoms with Crippen molar-refractivity contribution in [2.75, 3.05) is 0 Å². The molecule has 0 aliphatic heterocycles. The molecule has 0 heterocycles. The Morgan fingerprint density at radius 2 is 2.00 bits per heavy atom. The first-order valence-electron chi connectivity index (χ1n) is 3.56. The highest BCUT2D eigenvalue weighted by atomic mass is 16.7. The van der Waals surface area contributed by atoms with Crippen molar-refractivity contribution in [3.63, 3.8) is 0 Å².